The van der Waals surface area contributed by atoms with Crippen LogP contribution in [0.5, 0.6) is 5.75 Å². The van der Waals surface area contributed by atoms with Gasteiger partial charge in [0.15, 0.2) is 11.7 Å². The second-order valence-electron chi connectivity index (χ2n) is 8.54. The summed E-state index contributed by atoms with van der Waals surface area (Å²) in [6.45, 7) is 6.60. The molecule has 6 nitrogen and oxygen atoms in total. The van der Waals surface area contributed by atoms with E-state index in [1.165, 1.54) is 5.56 Å². The van der Waals surface area contributed by atoms with Crippen molar-refractivity contribution in [3.05, 3.63) is 71.7 Å². The fourth-order valence-corrected chi connectivity index (χ4v) is 3.16. The molecule has 0 aliphatic rings. The van der Waals surface area contributed by atoms with Gasteiger partial charge in [-0.05, 0) is 40.8 Å². The lowest BCUT2D eigenvalue weighted by Gasteiger charge is -2.20. The molecule has 1 aromatic heterocycles. The monoisotopic (exact) mass is 422 g/mol. The number of ether oxygens (including phenoxy) is 1. The van der Waals surface area contributed by atoms with Gasteiger partial charge in [0.05, 0.1) is 19.4 Å². The van der Waals surface area contributed by atoms with Crippen LogP contribution >= 0.6 is 0 Å². The number of carbonyl (C=O) groups is 1. The van der Waals surface area contributed by atoms with Gasteiger partial charge in [0, 0.05) is 24.9 Å². The maximum atomic E-state index is 12.2. The molecule has 0 saturated carbocycles. The van der Waals surface area contributed by atoms with Crippen LogP contribution in [0, 0.1) is 0 Å². The van der Waals surface area contributed by atoms with E-state index < -0.39 is 6.10 Å². The normalized spacial score (nSPS) is 12.4. The highest BCUT2D eigenvalue weighted by Crippen LogP contribution is 2.25. The van der Waals surface area contributed by atoms with Gasteiger partial charge in [-0.3, -0.25) is 4.79 Å². The first kappa shape index (κ1) is 22.6. The zero-order valence-corrected chi connectivity index (χ0v) is 18.5. The van der Waals surface area contributed by atoms with Gasteiger partial charge >= 0.3 is 0 Å². The van der Waals surface area contributed by atoms with Gasteiger partial charge < -0.3 is 19.6 Å². The molecule has 3 rings (SSSR count). The number of aromatic nitrogens is 1. The molecule has 0 spiro atoms. The van der Waals surface area contributed by atoms with Crippen molar-refractivity contribution in [3.63, 3.8) is 0 Å². The van der Waals surface area contributed by atoms with Gasteiger partial charge in [0.25, 0.3) is 0 Å². The fourth-order valence-electron chi connectivity index (χ4n) is 3.16. The Morgan fingerprint density at radius 3 is 2.42 bits per heavy atom. The highest BCUT2D eigenvalue weighted by molar-refractivity contribution is 5.76. The fraction of sp³-hybridized carbons (Fsp3) is 0.360. The number of benzene rings is 2. The number of hydrogen-bond donors (Lipinski definition) is 2. The first-order chi connectivity index (χ1) is 14.8. The Morgan fingerprint density at radius 1 is 1.13 bits per heavy atom. The Kier molecular flexibility index (Phi) is 7.13. The minimum absolute atomic E-state index is 0.0603. The van der Waals surface area contributed by atoms with E-state index >= 15 is 0 Å². The lowest BCUT2D eigenvalue weighted by atomic mass is 9.86. The van der Waals surface area contributed by atoms with Crippen LogP contribution in [0.15, 0.2) is 59.1 Å². The first-order valence-corrected chi connectivity index (χ1v) is 10.4. The number of hydrogen-bond acceptors (Lipinski definition) is 5. The molecule has 6 heteroatoms. The van der Waals surface area contributed by atoms with Crippen LogP contribution in [0.4, 0.5) is 0 Å². The Morgan fingerprint density at radius 2 is 1.81 bits per heavy atom. The summed E-state index contributed by atoms with van der Waals surface area (Å²) in [6.07, 6.45) is 1.53. The van der Waals surface area contributed by atoms with Crippen molar-refractivity contribution in [3.8, 4) is 17.1 Å². The predicted molar refractivity (Wildman–Crippen MR) is 120 cm³/mol. The topological polar surface area (TPSA) is 84.6 Å². The first-order valence-electron chi connectivity index (χ1n) is 10.4. The number of amides is 1. The minimum atomic E-state index is -0.749. The summed E-state index contributed by atoms with van der Waals surface area (Å²) >= 11 is 0. The third-order valence-electron chi connectivity index (χ3n) is 5.15. The number of nitrogens with one attached hydrogen (secondary N) is 1. The summed E-state index contributed by atoms with van der Waals surface area (Å²) in [4.78, 5) is 16.4. The Hall–Kier alpha value is -3.12. The quantitative estimate of drug-likeness (QED) is 0.561. The van der Waals surface area contributed by atoms with Crippen LogP contribution in [0.2, 0.25) is 0 Å². The number of rotatable bonds is 8. The molecule has 1 heterocycles. The standard InChI is InChI=1S/C25H30N2O4/c1-25(2,3)19-9-5-17(6-10-19)21(28)15-26-23(29)13-14-24-27-16-22(31-24)18-7-11-20(30-4)12-8-18/h5-12,16,21,28H,13-15H2,1-4H3,(H,26,29). The van der Waals surface area contributed by atoms with Crippen molar-refractivity contribution in [2.24, 2.45) is 0 Å². The third kappa shape index (κ3) is 6.18. The van der Waals surface area contributed by atoms with E-state index in [-0.39, 0.29) is 24.3 Å². The van der Waals surface area contributed by atoms with Gasteiger partial charge in [-0.2, -0.15) is 0 Å². The van der Waals surface area contributed by atoms with E-state index in [1.54, 1.807) is 13.3 Å². The Bertz CT molecular complexity index is 986. The maximum absolute atomic E-state index is 12.2. The summed E-state index contributed by atoms with van der Waals surface area (Å²) in [5.74, 6) is 1.76. The zero-order chi connectivity index (χ0) is 22.4. The predicted octanol–water partition coefficient (Wildman–Crippen LogP) is 4.43. The van der Waals surface area contributed by atoms with Crippen molar-refractivity contribution in [2.75, 3.05) is 13.7 Å². The van der Waals surface area contributed by atoms with E-state index in [2.05, 4.69) is 31.1 Å². The number of aliphatic hydroxyl groups excluding tert-OH is 1. The van der Waals surface area contributed by atoms with Gasteiger partial charge in [0.1, 0.15) is 5.75 Å². The number of methoxy groups -OCH3 is 1. The molecular weight excluding hydrogens is 392 g/mol. The second kappa shape index (κ2) is 9.79. The Labute approximate surface area is 183 Å². The number of aryl methyl sites for hydroxylation is 1. The molecule has 0 saturated heterocycles. The van der Waals surface area contributed by atoms with Crippen molar-refractivity contribution in [2.45, 2.75) is 45.1 Å². The van der Waals surface area contributed by atoms with Gasteiger partial charge in [0.2, 0.25) is 5.91 Å². The highest BCUT2D eigenvalue weighted by Gasteiger charge is 2.15. The van der Waals surface area contributed by atoms with Crippen LogP contribution in [-0.4, -0.2) is 29.7 Å². The van der Waals surface area contributed by atoms with Crippen molar-refractivity contribution < 1.29 is 19.1 Å². The molecule has 1 atom stereocenters. The number of oxazole rings is 1. The summed E-state index contributed by atoms with van der Waals surface area (Å²) in [7, 11) is 1.62. The number of aliphatic hydroxyl groups is 1. The minimum Gasteiger partial charge on any atom is -0.497 e. The van der Waals surface area contributed by atoms with E-state index in [4.69, 9.17) is 9.15 Å². The molecule has 0 aliphatic carbocycles. The summed E-state index contributed by atoms with van der Waals surface area (Å²) in [5.41, 5.74) is 2.94. The van der Waals surface area contributed by atoms with Gasteiger partial charge in [-0.1, -0.05) is 45.0 Å². The van der Waals surface area contributed by atoms with Crippen LogP contribution in [-0.2, 0) is 16.6 Å². The molecule has 0 fully saturated rings. The highest BCUT2D eigenvalue weighted by atomic mass is 16.5. The van der Waals surface area contributed by atoms with Crippen molar-refractivity contribution >= 4 is 5.91 Å². The van der Waals surface area contributed by atoms with Crippen LogP contribution in [0.3, 0.4) is 0 Å². The van der Waals surface area contributed by atoms with E-state index in [0.29, 0.717) is 18.1 Å². The van der Waals surface area contributed by atoms with E-state index in [9.17, 15) is 9.90 Å². The second-order valence-corrected chi connectivity index (χ2v) is 8.54. The molecule has 1 unspecified atom stereocenters. The van der Waals surface area contributed by atoms with Gasteiger partial charge in [-0.15, -0.1) is 0 Å². The van der Waals surface area contributed by atoms with Crippen LogP contribution in [0.25, 0.3) is 11.3 Å². The number of carbonyl (C=O) groups excluding carboxylic acids is 1. The molecule has 2 aromatic carbocycles. The third-order valence-corrected chi connectivity index (χ3v) is 5.15. The van der Waals surface area contributed by atoms with Crippen LogP contribution in [0.1, 0.15) is 50.3 Å². The average Bonchev–Trinajstić information content (AvgIpc) is 3.24. The molecule has 3 aromatic rings. The van der Waals surface area contributed by atoms with Gasteiger partial charge in [-0.25, -0.2) is 4.98 Å². The molecule has 0 aliphatic heterocycles. The molecule has 0 radical (unpaired) electrons. The summed E-state index contributed by atoms with van der Waals surface area (Å²) in [5, 5.41) is 13.1. The summed E-state index contributed by atoms with van der Waals surface area (Å²) in [6, 6.07) is 15.3. The molecule has 164 valence electrons. The van der Waals surface area contributed by atoms with E-state index in [1.807, 2.05) is 48.5 Å². The SMILES string of the molecule is COc1ccc(-c2cnc(CCC(=O)NCC(O)c3ccc(C(C)(C)C)cc3)o2)cc1. The summed E-state index contributed by atoms with van der Waals surface area (Å²) < 4.78 is 10.9. The molecule has 1 amide bonds. The molecule has 0 bridgehead atoms. The smallest absolute Gasteiger partial charge is 0.220 e. The van der Waals surface area contributed by atoms with Crippen LogP contribution < -0.4 is 10.1 Å². The maximum Gasteiger partial charge on any atom is 0.220 e. The Balaban J connectivity index is 1.46. The van der Waals surface area contributed by atoms with E-state index in [0.717, 1.165) is 16.9 Å². The van der Waals surface area contributed by atoms with Crippen molar-refractivity contribution in [1.29, 1.82) is 0 Å². The lowest BCUT2D eigenvalue weighted by Crippen LogP contribution is -2.28. The average molecular weight is 423 g/mol. The molecule has 2 N–H and O–H groups in total. The number of nitrogens with zero attached hydrogens (tertiary/aromatic N) is 1. The lowest BCUT2D eigenvalue weighted by molar-refractivity contribution is -0.121. The zero-order valence-electron chi connectivity index (χ0n) is 18.5. The molecule has 31 heavy (non-hydrogen) atoms. The largest absolute Gasteiger partial charge is 0.497 e. The van der Waals surface area contributed by atoms with Crippen molar-refractivity contribution in [1.82, 2.24) is 10.3 Å². The molecular formula is C25H30N2O4.